The Morgan fingerprint density at radius 3 is 2.56 bits per heavy atom. The predicted octanol–water partition coefficient (Wildman–Crippen LogP) is -0.393. The molecule has 2 atom stereocenters. The molecule has 1 N–H and O–H groups in total. The SMILES string of the molecule is CC1CN(C(C)CS(C)(=O)=O)C(=O)NC1=O. The van der Waals surface area contributed by atoms with E-state index in [-0.39, 0.29) is 24.1 Å². The van der Waals surface area contributed by atoms with Crippen LogP contribution in [0.4, 0.5) is 4.79 Å². The first kappa shape index (κ1) is 13.0. The molecule has 16 heavy (non-hydrogen) atoms. The van der Waals surface area contributed by atoms with Gasteiger partial charge in [0.15, 0.2) is 0 Å². The number of hydrogen-bond donors (Lipinski definition) is 1. The number of rotatable bonds is 3. The summed E-state index contributed by atoms with van der Waals surface area (Å²) in [7, 11) is -3.13. The van der Waals surface area contributed by atoms with E-state index in [2.05, 4.69) is 5.32 Å². The van der Waals surface area contributed by atoms with Crippen molar-refractivity contribution in [1.29, 1.82) is 0 Å². The summed E-state index contributed by atoms with van der Waals surface area (Å²) in [5.41, 5.74) is 0. The van der Waals surface area contributed by atoms with Crippen LogP contribution in [0.5, 0.6) is 0 Å². The summed E-state index contributed by atoms with van der Waals surface area (Å²) in [4.78, 5) is 24.0. The largest absolute Gasteiger partial charge is 0.324 e. The molecule has 1 heterocycles. The molecular weight excluding hydrogens is 232 g/mol. The molecule has 0 saturated carbocycles. The molecule has 1 fully saturated rings. The Bertz CT molecular complexity index is 404. The van der Waals surface area contributed by atoms with E-state index in [0.717, 1.165) is 6.26 Å². The molecule has 1 saturated heterocycles. The highest BCUT2D eigenvalue weighted by Gasteiger charge is 2.32. The maximum absolute atomic E-state index is 11.5. The molecule has 0 aromatic heterocycles. The van der Waals surface area contributed by atoms with Gasteiger partial charge in [-0.2, -0.15) is 0 Å². The second-order valence-corrected chi connectivity index (χ2v) is 6.47. The zero-order valence-electron chi connectivity index (χ0n) is 9.56. The lowest BCUT2D eigenvalue weighted by Gasteiger charge is -2.34. The number of urea groups is 1. The Balaban J connectivity index is 2.73. The van der Waals surface area contributed by atoms with Gasteiger partial charge < -0.3 is 4.90 Å². The number of imide groups is 1. The predicted molar refractivity (Wildman–Crippen MR) is 58.6 cm³/mol. The van der Waals surface area contributed by atoms with Crippen LogP contribution in [0.1, 0.15) is 13.8 Å². The fourth-order valence-corrected chi connectivity index (χ4v) is 2.73. The van der Waals surface area contributed by atoms with Crippen molar-refractivity contribution in [2.45, 2.75) is 19.9 Å². The summed E-state index contributed by atoms with van der Waals surface area (Å²) < 4.78 is 22.2. The zero-order chi connectivity index (χ0) is 12.5. The minimum atomic E-state index is -3.13. The highest BCUT2D eigenvalue weighted by Crippen LogP contribution is 2.12. The van der Waals surface area contributed by atoms with Crippen molar-refractivity contribution in [1.82, 2.24) is 10.2 Å². The van der Waals surface area contributed by atoms with E-state index >= 15 is 0 Å². The van der Waals surface area contributed by atoms with Gasteiger partial charge in [0, 0.05) is 18.8 Å². The van der Waals surface area contributed by atoms with Gasteiger partial charge in [0.05, 0.1) is 11.7 Å². The van der Waals surface area contributed by atoms with E-state index in [9.17, 15) is 18.0 Å². The lowest BCUT2D eigenvalue weighted by Crippen LogP contribution is -2.57. The van der Waals surface area contributed by atoms with E-state index in [1.165, 1.54) is 4.90 Å². The zero-order valence-corrected chi connectivity index (χ0v) is 10.4. The average Bonchev–Trinajstić information content (AvgIpc) is 2.08. The van der Waals surface area contributed by atoms with Gasteiger partial charge in [0.25, 0.3) is 0 Å². The van der Waals surface area contributed by atoms with Crippen LogP contribution in [0.3, 0.4) is 0 Å². The first-order chi connectivity index (χ1) is 7.20. The third kappa shape index (κ3) is 3.19. The Morgan fingerprint density at radius 2 is 2.06 bits per heavy atom. The average molecular weight is 248 g/mol. The van der Waals surface area contributed by atoms with E-state index in [1.807, 2.05) is 0 Å². The van der Waals surface area contributed by atoms with Crippen LogP contribution in [-0.4, -0.2) is 49.9 Å². The van der Waals surface area contributed by atoms with Crippen LogP contribution in [-0.2, 0) is 14.6 Å². The molecule has 0 spiro atoms. The molecule has 0 bridgehead atoms. The fourth-order valence-electron chi connectivity index (χ4n) is 1.67. The summed E-state index contributed by atoms with van der Waals surface area (Å²) >= 11 is 0. The summed E-state index contributed by atoms with van der Waals surface area (Å²) in [6, 6.07) is -0.940. The van der Waals surface area contributed by atoms with Crippen molar-refractivity contribution in [3.05, 3.63) is 0 Å². The number of nitrogens with zero attached hydrogens (tertiary/aromatic N) is 1. The third-order valence-corrected chi connectivity index (χ3v) is 3.57. The normalized spacial score (nSPS) is 24.2. The molecule has 2 unspecified atom stereocenters. The Kier molecular flexibility index (Phi) is 3.57. The highest BCUT2D eigenvalue weighted by molar-refractivity contribution is 7.90. The summed E-state index contributed by atoms with van der Waals surface area (Å²) in [5.74, 6) is -0.714. The summed E-state index contributed by atoms with van der Waals surface area (Å²) in [5, 5.41) is 2.20. The maximum Gasteiger partial charge on any atom is 0.324 e. The van der Waals surface area contributed by atoms with Crippen molar-refractivity contribution < 1.29 is 18.0 Å². The second-order valence-electron chi connectivity index (χ2n) is 4.29. The molecule has 1 aliphatic rings. The quantitative estimate of drug-likeness (QED) is 0.737. The lowest BCUT2D eigenvalue weighted by molar-refractivity contribution is -0.125. The van der Waals surface area contributed by atoms with Crippen molar-refractivity contribution in [3.63, 3.8) is 0 Å². The van der Waals surface area contributed by atoms with Crippen LogP contribution in [0.15, 0.2) is 0 Å². The molecule has 3 amide bonds. The second kappa shape index (κ2) is 4.40. The standard InChI is InChI=1S/C9H16N2O4S/c1-6-4-11(9(13)10-8(6)12)7(2)5-16(3,14)15/h6-7H,4-5H2,1-3H3,(H,10,12,13). The first-order valence-corrected chi connectivity index (χ1v) is 7.06. The van der Waals surface area contributed by atoms with Gasteiger partial charge in [-0.3, -0.25) is 10.1 Å². The van der Waals surface area contributed by atoms with E-state index < -0.39 is 21.9 Å². The number of hydrogen-bond acceptors (Lipinski definition) is 4. The molecule has 0 radical (unpaired) electrons. The van der Waals surface area contributed by atoms with Gasteiger partial charge in [-0.05, 0) is 6.92 Å². The topological polar surface area (TPSA) is 83.6 Å². The van der Waals surface area contributed by atoms with Crippen molar-refractivity contribution in [3.8, 4) is 0 Å². The Hall–Kier alpha value is -1.11. The molecule has 0 aromatic rings. The van der Waals surface area contributed by atoms with Gasteiger partial charge in [-0.1, -0.05) is 6.92 Å². The minimum absolute atomic E-state index is 0.0959. The van der Waals surface area contributed by atoms with E-state index in [4.69, 9.17) is 0 Å². The molecule has 7 heteroatoms. The van der Waals surface area contributed by atoms with Gasteiger partial charge in [0.1, 0.15) is 9.84 Å². The van der Waals surface area contributed by atoms with Gasteiger partial charge >= 0.3 is 6.03 Å². The number of carbonyl (C=O) groups excluding carboxylic acids is 2. The Labute approximate surface area is 94.9 Å². The molecular formula is C9H16N2O4S. The van der Waals surface area contributed by atoms with Gasteiger partial charge in [-0.15, -0.1) is 0 Å². The van der Waals surface area contributed by atoms with Crippen LogP contribution in [0.25, 0.3) is 0 Å². The molecule has 1 aliphatic heterocycles. The maximum atomic E-state index is 11.5. The minimum Gasteiger partial charge on any atom is -0.320 e. The van der Waals surface area contributed by atoms with Gasteiger partial charge in [-0.25, -0.2) is 13.2 Å². The summed E-state index contributed by atoms with van der Waals surface area (Å²) in [6.07, 6.45) is 1.12. The number of carbonyl (C=O) groups is 2. The smallest absolute Gasteiger partial charge is 0.320 e. The van der Waals surface area contributed by atoms with Crippen LogP contribution < -0.4 is 5.32 Å². The molecule has 0 aromatic carbocycles. The number of nitrogens with one attached hydrogen (secondary N) is 1. The highest BCUT2D eigenvalue weighted by atomic mass is 32.2. The van der Waals surface area contributed by atoms with Crippen LogP contribution in [0.2, 0.25) is 0 Å². The number of sulfone groups is 1. The fraction of sp³-hybridized carbons (Fsp3) is 0.778. The summed E-state index contributed by atoms with van der Waals surface area (Å²) in [6.45, 7) is 3.62. The molecule has 1 rings (SSSR count). The Morgan fingerprint density at radius 1 is 1.50 bits per heavy atom. The van der Waals surface area contributed by atoms with E-state index in [0.29, 0.717) is 0 Å². The van der Waals surface area contributed by atoms with E-state index in [1.54, 1.807) is 13.8 Å². The van der Waals surface area contributed by atoms with Crippen molar-refractivity contribution >= 4 is 21.8 Å². The van der Waals surface area contributed by atoms with Crippen molar-refractivity contribution in [2.24, 2.45) is 5.92 Å². The van der Waals surface area contributed by atoms with Crippen molar-refractivity contribution in [2.75, 3.05) is 18.6 Å². The molecule has 0 aliphatic carbocycles. The first-order valence-electron chi connectivity index (χ1n) is 5.00. The lowest BCUT2D eigenvalue weighted by atomic mass is 10.1. The van der Waals surface area contributed by atoms with Crippen LogP contribution >= 0.6 is 0 Å². The molecule has 6 nitrogen and oxygen atoms in total. The van der Waals surface area contributed by atoms with Crippen LogP contribution in [0, 0.1) is 5.92 Å². The monoisotopic (exact) mass is 248 g/mol. The number of amides is 3. The molecule has 92 valence electrons. The third-order valence-electron chi connectivity index (χ3n) is 2.49. The van der Waals surface area contributed by atoms with Gasteiger partial charge in [0.2, 0.25) is 5.91 Å².